The van der Waals surface area contributed by atoms with Crippen molar-refractivity contribution in [1.82, 2.24) is 0 Å². The van der Waals surface area contributed by atoms with Crippen LogP contribution in [-0.2, 0) is 24.1 Å². The second kappa shape index (κ2) is 5.45. The Kier molecular flexibility index (Phi) is 5.27. The van der Waals surface area contributed by atoms with Crippen molar-refractivity contribution in [2.24, 2.45) is 5.73 Å². The van der Waals surface area contributed by atoms with Gasteiger partial charge in [0.15, 0.2) is 0 Å². The van der Waals surface area contributed by atoms with Crippen LogP contribution >= 0.6 is 0 Å². The normalized spacial score (nSPS) is 9.70. The van der Waals surface area contributed by atoms with E-state index in [1.54, 1.807) is 12.2 Å². The second-order valence-electron chi connectivity index (χ2n) is 1.65. The van der Waals surface area contributed by atoms with Crippen LogP contribution in [0.15, 0.2) is 24.3 Å². The van der Waals surface area contributed by atoms with Gasteiger partial charge in [-0.15, -0.1) is 0 Å². The van der Waals surface area contributed by atoms with Gasteiger partial charge in [-0.1, -0.05) is 0 Å². The summed E-state index contributed by atoms with van der Waals surface area (Å²) in [5.74, 6) is -0.104. The molecule has 0 aromatic heterocycles. The van der Waals surface area contributed by atoms with Gasteiger partial charge in [-0.05, 0) is 0 Å². The fraction of sp³-hybridized carbons (Fsp3) is 0.143. The predicted octanol–water partition coefficient (Wildman–Crippen LogP) is -0.0244. The molecule has 0 aromatic rings. The Hall–Kier alpha value is -0.332. The molecular weight excluding hydrogens is 298 g/mol. The molecule has 0 radical (unpaired) electrons. The van der Waals surface area contributed by atoms with Crippen LogP contribution in [0.3, 0.4) is 0 Å². The molecule has 0 rings (SSSR count). The first kappa shape index (κ1) is 9.67. The number of Topliss-reactive ketones (excluding diaryl/α,β-unsaturated/α-hetero) is 1. The molecule has 0 unspecified atom stereocenters. The SMILES string of the molecule is C=C(/C=C\[CH]=[W])C(=O)CN. The number of carbonyl (C=O) groups excluding carboxylic acids is 1. The fourth-order valence-corrected chi connectivity index (χ4v) is 0.662. The summed E-state index contributed by atoms with van der Waals surface area (Å²) in [5.41, 5.74) is 5.57. The van der Waals surface area contributed by atoms with E-state index in [0.29, 0.717) is 5.57 Å². The van der Waals surface area contributed by atoms with E-state index in [4.69, 9.17) is 5.73 Å². The third-order valence-corrected chi connectivity index (χ3v) is 1.48. The van der Waals surface area contributed by atoms with E-state index >= 15 is 0 Å². The van der Waals surface area contributed by atoms with E-state index < -0.39 is 0 Å². The number of rotatable bonds is 4. The number of ketones is 1. The van der Waals surface area contributed by atoms with E-state index in [9.17, 15) is 4.79 Å². The van der Waals surface area contributed by atoms with E-state index in [1.165, 1.54) is 19.4 Å². The zero-order valence-corrected chi connectivity index (χ0v) is 8.47. The quantitative estimate of drug-likeness (QED) is 0.586. The third-order valence-electron chi connectivity index (χ3n) is 0.920. The average Bonchev–Trinajstić information content (AvgIpc) is 1.98. The molecule has 0 amide bonds. The summed E-state index contributed by atoms with van der Waals surface area (Å²) in [7, 11) is 0. The maximum absolute atomic E-state index is 10.7. The molecule has 54 valence electrons. The Morgan fingerprint density at radius 3 is 2.70 bits per heavy atom. The van der Waals surface area contributed by atoms with Crippen LogP contribution in [0.2, 0.25) is 0 Å². The van der Waals surface area contributed by atoms with Gasteiger partial charge in [0.2, 0.25) is 0 Å². The van der Waals surface area contributed by atoms with Crippen molar-refractivity contribution in [2.75, 3.05) is 6.54 Å². The first-order valence-electron chi connectivity index (χ1n) is 2.76. The summed E-state index contributed by atoms with van der Waals surface area (Å²) < 4.78 is 1.91. The fourth-order valence-electron chi connectivity index (χ4n) is 0.379. The van der Waals surface area contributed by atoms with Gasteiger partial charge < -0.3 is 0 Å². The van der Waals surface area contributed by atoms with E-state index in [0.717, 1.165) is 0 Å². The molecule has 0 saturated heterocycles. The Balaban J connectivity index is 3.97. The first-order chi connectivity index (χ1) is 4.72. The zero-order chi connectivity index (χ0) is 7.98. The molecule has 3 heteroatoms. The third kappa shape index (κ3) is 3.65. The van der Waals surface area contributed by atoms with Gasteiger partial charge in [-0.2, -0.15) is 0 Å². The topological polar surface area (TPSA) is 43.1 Å². The first-order valence-corrected chi connectivity index (χ1v) is 4.45. The van der Waals surface area contributed by atoms with E-state index in [2.05, 4.69) is 6.58 Å². The minimum atomic E-state index is -0.104. The summed E-state index contributed by atoms with van der Waals surface area (Å²) >= 11 is 1.35. The summed E-state index contributed by atoms with van der Waals surface area (Å²) in [6.07, 6.45) is 3.47. The molecule has 2 N–H and O–H groups in total. The molecule has 0 bridgehead atoms. The summed E-state index contributed by atoms with van der Waals surface area (Å²) in [4.78, 5) is 10.7. The van der Waals surface area contributed by atoms with Crippen LogP contribution in [-0.4, -0.2) is 16.7 Å². The number of hydrogen-bond donors (Lipinski definition) is 1. The van der Waals surface area contributed by atoms with Crippen LogP contribution < -0.4 is 5.73 Å². The molecule has 0 fully saturated rings. The maximum atomic E-state index is 10.7. The van der Waals surface area contributed by atoms with Crippen LogP contribution in [0.5, 0.6) is 0 Å². The number of hydrogen-bond acceptors (Lipinski definition) is 2. The Morgan fingerprint density at radius 1 is 1.70 bits per heavy atom. The second-order valence-corrected chi connectivity index (χ2v) is 2.63. The Bertz CT molecular complexity index is 184. The van der Waals surface area contributed by atoms with Crippen molar-refractivity contribution in [1.29, 1.82) is 0 Å². The van der Waals surface area contributed by atoms with Gasteiger partial charge in [0.1, 0.15) is 0 Å². The number of allylic oxidation sites excluding steroid dienone is 2. The average molecular weight is 307 g/mol. The molecule has 0 saturated carbocycles. The van der Waals surface area contributed by atoms with Crippen molar-refractivity contribution in [3.05, 3.63) is 24.3 Å². The summed E-state index contributed by atoms with van der Waals surface area (Å²) in [6, 6.07) is 0. The van der Waals surface area contributed by atoms with Gasteiger partial charge in [0, 0.05) is 0 Å². The van der Waals surface area contributed by atoms with Crippen molar-refractivity contribution >= 4 is 10.2 Å². The zero-order valence-electron chi connectivity index (χ0n) is 5.54. The standard InChI is InChI=1S/C7H9NO.W/c1-3-4-6(2)7(9)5-8;/h1,3-4H,2,5,8H2;/b4-3-;. The molecule has 10 heavy (non-hydrogen) atoms. The van der Waals surface area contributed by atoms with Crippen LogP contribution in [0, 0.1) is 0 Å². The molecule has 0 aliphatic heterocycles. The number of carbonyl (C=O) groups is 1. The van der Waals surface area contributed by atoms with Crippen LogP contribution in [0.25, 0.3) is 0 Å². The molecule has 0 heterocycles. The van der Waals surface area contributed by atoms with Crippen molar-refractivity contribution in [3.63, 3.8) is 0 Å². The Labute approximate surface area is 71.2 Å². The van der Waals surface area contributed by atoms with Crippen LogP contribution in [0.4, 0.5) is 0 Å². The van der Waals surface area contributed by atoms with Crippen molar-refractivity contribution in [3.8, 4) is 0 Å². The Morgan fingerprint density at radius 2 is 2.30 bits per heavy atom. The molecule has 0 aliphatic rings. The summed E-state index contributed by atoms with van der Waals surface area (Å²) in [6.45, 7) is 3.58. The van der Waals surface area contributed by atoms with Gasteiger partial charge in [-0.25, -0.2) is 0 Å². The molecule has 0 aromatic carbocycles. The molecule has 2 nitrogen and oxygen atoms in total. The van der Waals surface area contributed by atoms with Gasteiger partial charge in [0.25, 0.3) is 0 Å². The van der Waals surface area contributed by atoms with Gasteiger partial charge in [-0.3, -0.25) is 0 Å². The predicted molar refractivity (Wildman–Crippen MR) is 38.4 cm³/mol. The number of nitrogens with two attached hydrogens (primary N) is 1. The van der Waals surface area contributed by atoms with Gasteiger partial charge in [0.05, 0.1) is 0 Å². The van der Waals surface area contributed by atoms with E-state index in [1.807, 2.05) is 4.40 Å². The van der Waals surface area contributed by atoms with E-state index in [-0.39, 0.29) is 12.3 Å². The monoisotopic (exact) mass is 307 g/mol. The minimum absolute atomic E-state index is 0.0414. The molecule has 0 spiro atoms. The van der Waals surface area contributed by atoms with Crippen molar-refractivity contribution in [2.45, 2.75) is 0 Å². The molecule has 0 atom stereocenters. The van der Waals surface area contributed by atoms with Crippen LogP contribution in [0.1, 0.15) is 0 Å². The summed E-state index contributed by atoms with van der Waals surface area (Å²) in [5, 5.41) is 0. The molecule has 0 aliphatic carbocycles. The molecular formula is C7H9NOW. The van der Waals surface area contributed by atoms with Gasteiger partial charge >= 0.3 is 70.9 Å². The van der Waals surface area contributed by atoms with Crippen molar-refractivity contribution < 1.29 is 24.1 Å².